The summed E-state index contributed by atoms with van der Waals surface area (Å²) in [6.45, 7) is 4.02. The van der Waals surface area contributed by atoms with Gasteiger partial charge in [-0.05, 0) is 49.3 Å². The predicted octanol–water partition coefficient (Wildman–Crippen LogP) is 3.44. The molecule has 25 heavy (non-hydrogen) atoms. The first-order chi connectivity index (χ1) is 11.7. The third-order valence-corrected chi connectivity index (χ3v) is 5.83. The maximum absolute atomic E-state index is 4.34. The summed E-state index contributed by atoms with van der Waals surface area (Å²) >= 11 is 2.06. The van der Waals surface area contributed by atoms with Gasteiger partial charge in [-0.1, -0.05) is 12.1 Å². The van der Waals surface area contributed by atoms with Crippen LogP contribution in [0.4, 0.5) is 0 Å². The molecule has 1 saturated heterocycles. The fourth-order valence-electron chi connectivity index (χ4n) is 2.88. The summed E-state index contributed by atoms with van der Waals surface area (Å²) < 4.78 is 2.20. The lowest BCUT2D eigenvalue weighted by atomic mass is 10.1. The van der Waals surface area contributed by atoms with E-state index in [4.69, 9.17) is 0 Å². The Bertz CT molecular complexity index is 681. The van der Waals surface area contributed by atoms with Crippen molar-refractivity contribution >= 4 is 41.7 Å². The van der Waals surface area contributed by atoms with Gasteiger partial charge in [0, 0.05) is 37.3 Å². The van der Waals surface area contributed by atoms with E-state index < -0.39 is 0 Å². The van der Waals surface area contributed by atoms with E-state index in [9.17, 15) is 0 Å². The van der Waals surface area contributed by atoms with Gasteiger partial charge >= 0.3 is 0 Å². The second kappa shape index (κ2) is 9.47. The summed E-state index contributed by atoms with van der Waals surface area (Å²) in [6.07, 6.45) is 6.33. The van der Waals surface area contributed by atoms with Crippen LogP contribution in [0, 0.1) is 0 Å². The van der Waals surface area contributed by atoms with Crippen LogP contribution in [0.3, 0.4) is 0 Å². The van der Waals surface area contributed by atoms with Crippen LogP contribution in [0.15, 0.2) is 47.7 Å². The Balaban J connectivity index is 0.00000225. The Kier molecular flexibility index (Phi) is 7.61. The van der Waals surface area contributed by atoms with Crippen molar-refractivity contribution in [1.82, 2.24) is 20.4 Å². The molecule has 0 radical (unpaired) electrons. The summed E-state index contributed by atoms with van der Waals surface area (Å²) in [7, 11) is 1.82. The number of aromatic nitrogens is 2. The molecule has 2 N–H and O–H groups in total. The summed E-state index contributed by atoms with van der Waals surface area (Å²) in [4.78, 5) is 4.34. The molecule has 2 heterocycles. The van der Waals surface area contributed by atoms with E-state index in [1.807, 2.05) is 24.0 Å². The first-order valence-corrected chi connectivity index (χ1v) is 9.35. The molecule has 1 unspecified atom stereocenters. The van der Waals surface area contributed by atoms with Crippen molar-refractivity contribution in [3.8, 4) is 5.69 Å². The van der Waals surface area contributed by atoms with Gasteiger partial charge in [-0.2, -0.15) is 16.9 Å². The standard InChI is InChI=1S/C18H25N5S.HI/c1-18(8-4-11-24-18)14-21-17(19-2)20-13-15-6-3-7-16(12-15)23-10-5-9-22-23;/h3,5-7,9-10,12H,4,8,11,13-14H2,1-2H3,(H2,19,20,21);1H. The molecule has 7 heteroatoms. The highest BCUT2D eigenvalue weighted by molar-refractivity contribution is 14.0. The fourth-order valence-corrected chi connectivity index (χ4v) is 4.13. The fraction of sp³-hybridized carbons (Fsp3) is 0.444. The van der Waals surface area contributed by atoms with E-state index in [-0.39, 0.29) is 24.0 Å². The van der Waals surface area contributed by atoms with Crippen molar-refractivity contribution in [3.05, 3.63) is 48.3 Å². The molecule has 1 aliphatic rings. The lowest BCUT2D eigenvalue weighted by Gasteiger charge is -2.24. The van der Waals surface area contributed by atoms with Crippen molar-refractivity contribution < 1.29 is 0 Å². The van der Waals surface area contributed by atoms with E-state index in [2.05, 4.69) is 63.7 Å². The number of nitrogens with one attached hydrogen (secondary N) is 2. The topological polar surface area (TPSA) is 54.2 Å². The Morgan fingerprint density at radius 2 is 2.24 bits per heavy atom. The van der Waals surface area contributed by atoms with Crippen molar-refractivity contribution in [2.24, 2.45) is 4.99 Å². The number of aliphatic imine (C=N–C) groups is 1. The number of rotatable bonds is 5. The van der Waals surface area contributed by atoms with Crippen molar-refractivity contribution in [1.29, 1.82) is 0 Å². The lowest BCUT2D eigenvalue weighted by Crippen LogP contribution is -2.43. The average Bonchev–Trinajstić information content (AvgIpc) is 3.27. The zero-order valence-electron chi connectivity index (χ0n) is 14.7. The summed E-state index contributed by atoms with van der Waals surface area (Å²) in [5, 5.41) is 11.1. The second-order valence-electron chi connectivity index (χ2n) is 6.30. The molecule has 0 saturated carbocycles. The summed E-state index contributed by atoms with van der Waals surface area (Å²) in [5.74, 6) is 2.12. The SMILES string of the molecule is CN=C(NCc1cccc(-n2cccn2)c1)NCC1(C)CCCS1.I. The molecule has 1 aliphatic heterocycles. The summed E-state index contributed by atoms with van der Waals surface area (Å²) in [6, 6.07) is 10.3. The molecule has 5 nitrogen and oxygen atoms in total. The van der Waals surface area contributed by atoms with Crippen molar-refractivity contribution in [2.75, 3.05) is 19.3 Å². The molecule has 0 bridgehead atoms. The smallest absolute Gasteiger partial charge is 0.191 e. The van der Waals surface area contributed by atoms with Gasteiger partial charge in [0.05, 0.1) is 5.69 Å². The van der Waals surface area contributed by atoms with E-state index >= 15 is 0 Å². The molecule has 1 atom stereocenters. The molecule has 1 fully saturated rings. The van der Waals surface area contributed by atoms with Crippen LogP contribution < -0.4 is 10.6 Å². The second-order valence-corrected chi connectivity index (χ2v) is 7.98. The molecule has 2 aromatic rings. The Hall–Kier alpha value is -1.22. The van der Waals surface area contributed by atoms with Gasteiger partial charge in [-0.15, -0.1) is 24.0 Å². The number of guanidine groups is 1. The molecular formula is C18H26IN5S. The Labute approximate surface area is 171 Å². The molecule has 0 spiro atoms. The van der Waals surface area contributed by atoms with Crippen molar-refractivity contribution in [2.45, 2.75) is 31.1 Å². The minimum absolute atomic E-state index is 0. The van der Waals surface area contributed by atoms with Gasteiger partial charge in [-0.25, -0.2) is 4.68 Å². The van der Waals surface area contributed by atoms with Crippen molar-refractivity contribution in [3.63, 3.8) is 0 Å². The number of hydrogen-bond acceptors (Lipinski definition) is 3. The van der Waals surface area contributed by atoms with Gasteiger partial charge in [-0.3, -0.25) is 4.99 Å². The van der Waals surface area contributed by atoms with E-state index in [0.29, 0.717) is 4.75 Å². The van der Waals surface area contributed by atoms with Crippen LogP contribution >= 0.6 is 35.7 Å². The molecular weight excluding hydrogens is 445 g/mol. The monoisotopic (exact) mass is 471 g/mol. The van der Waals surface area contributed by atoms with E-state index in [0.717, 1.165) is 24.7 Å². The number of hydrogen-bond donors (Lipinski definition) is 2. The highest BCUT2D eigenvalue weighted by atomic mass is 127. The normalized spacial score (nSPS) is 20.2. The third-order valence-electron chi connectivity index (χ3n) is 4.29. The molecule has 1 aromatic heterocycles. The number of thioether (sulfide) groups is 1. The third kappa shape index (κ3) is 5.64. The Morgan fingerprint density at radius 3 is 2.92 bits per heavy atom. The number of nitrogens with zero attached hydrogens (tertiary/aromatic N) is 3. The minimum atomic E-state index is 0. The Morgan fingerprint density at radius 1 is 1.36 bits per heavy atom. The molecule has 1 aromatic carbocycles. The van der Waals surface area contributed by atoms with Crippen LogP contribution in [-0.4, -0.2) is 39.8 Å². The highest BCUT2D eigenvalue weighted by Gasteiger charge is 2.29. The largest absolute Gasteiger partial charge is 0.355 e. The number of halogens is 1. The molecule has 0 aliphatic carbocycles. The van der Waals surface area contributed by atoms with Gasteiger partial charge in [0.15, 0.2) is 5.96 Å². The number of benzene rings is 1. The molecule has 0 amide bonds. The summed E-state index contributed by atoms with van der Waals surface area (Å²) in [5.41, 5.74) is 2.27. The average molecular weight is 471 g/mol. The van der Waals surface area contributed by atoms with Gasteiger partial charge in [0.1, 0.15) is 0 Å². The zero-order valence-corrected chi connectivity index (χ0v) is 17.9. The van der Waals surface area contributed by atoms with Crippen LogP contribution in [0.25, 0.3) is 5.69 Å². The highest BCUT2D eigenvalue weighted by Crippen LogP contribution is 2.36. The first-order valence-electron chi connectivity index (χ1n) is 8.36. The van der Waals surface area contributed by atoms with Crippen LogP contribution in [0.2, 0.25) is 0 Å². The maximum Gasteiger partial charge on any atom is 0.191 e. The molecule has 3 rings (SSSR count). The van der Waals surface area contributed by atoms with E-state index in [1.165, 1.54) is 24.2 Å². The zero-order chi connectivity index (χ0) is 16.8. The van der Waals surface area contributed by atoms with E-state index in [1.54, 1.807) is 6.20 Å². The maximum atomic E-state index is 4.34. The first kappa shape index (κ1) is 20.1. The quantitative estimate of drug-likeness (QED) is 0.399. The lowest BCUT2D eigenvalue weighted by molar-refractivity contribution is 0.584. The predicted molar refractivity (Wildman–Crippen MR) is 117 cm³/mol. The van der Waals surface area contributed by atoms with Gasteiger partial charge in [0.2, 0.25) is 0 Å². The van der Waals surface area contributed by atoms with Crippen LogP contribution in [-0.2, 0) is 6.54 Å². The molecule has 136 valence electrons. The minimum Gasteiger partial charge on any atom is -0.355 e. The van der Waals surface area contributed by atoms with Gasteiger partial charge < -0.3 is 10.6 Å². The van der Waals surface area contributed by atoms with Crippen LogP contribution in [0.5, 0.6) is 0 Å². The van der Waals surface area contributed by atoms with Gasteiger partial charge in [0.25, 0.3) is 0 Å². The van der Waals surface area contributed by atoms with Crippen LogP contribution in [0.1, 0.15) is 25.3 Å².